The third kappa shape index (κ3) is 1.96. The molecule has 0 aliphatic heterocycles. The van der Waals surface area contributed by atoms with Crippen molar-refractivity contribution in [2.75, 3.05) is 7.05 Å². The van der Waals surface area contributed by atoms with Crippen molar-refractivity contribution in [3.63, 3.8) is 0 Å². The Morgan fingerprint density at radius 2 is 2.21 bits per heavy atom. The smallest absolute Gasteiger partial charge is 0.244 e. The number of carbonyl (C=O) groups is 1. The minimum absolute atomic E-state index is 0.178. The summed E-state index contributed by atoms with van der Waals surface area (Å²) in [6, 6.07) is 7.67. The van der Waals surface area contributed by atoms with E-state index in [4.69, 9.17) is 5.73 Å². The van der Waals surface area contributed by atoms with Gasteiger partial charge in [-0.1, -0.05) is 29.7 Å². The Morgan fingerprint density at radius 3 is 2.71 bits per heavy atom. The van der Waals surface area contributed by atoms with Crippen molar-refractivity contribution >= 4 is 19.2 Å². The number of amides is 1. The lowest BCUT2D eigenvalue weighted by molar-refractivity contribution is -0.125. The summed E-state index contributed by atoms with van der Waals surface area (Å²) in [5, 5.41) is 2.56. The van der Waals surface area contributed by atoms with Crippen molar-refractivity contribution in [2.24, 2.45) is 5.73 Å². The van der Waals surface area contributed by atoms with E-state index in [1.165, 1.54) is 0 Å². The zero-order valence-corrected chi connectivity index (χ0v) is 8.79. The fourth-order valence-electron chi connectivity index (χ4n) is 1.36. The van der Waals surface area contributed by atoms with E-state index in [1.807, 2.05) is 32.1 Å². The Bertz CT molecular complexity index is 350. The lowest BCUT2D eigenvalue weighted by Crippen LogP contribution is -2.48. The number of carbonyl (C=O) groups excluding carboxylic acids is 1. The van der Waals surface area contributed by atoms with Gasteiger partial charge in [0.25, 0.3) is 0 Å². The zero-order chi connectivity index (χ0) is 10.8. The number of likely N-dealkylation sites (N-methyl/N-ethyl adjacent to an activating group) is 1. The van der Waals surface area contributed by atoms with Crippen molar-refractivity contribution in [3.8, 4) is 0 Å². The fraction of sp³-hybridized carbons (Fsp3) is 0.300. The molecule has 3 N–H and O–H groups in total. The SMILES string of the molecule is Bc1cccc(C(C)(N)C(=O)NC)c1. The highest BCUT2D eigenvalue weighted by Gasteiger charge is 2.29. The maximum Gasteiger partial charge on any atom is 0.244 e. The summed E-state index contributed by atoms with van der Waals surface area (Å²) in [5.41, 5.74) is 6.92. The summed E-state index contributed by atoms with van der Waals surface area (Å²) in [6.07, 6.45) is 0. The van der Waals surface area contributed by atoms with Crippen LogP contribution in [0.1, 0.15) is 12.5 Å². The molecule has 14 heavy (non-hydrogen) atoms. The Hall–Kier alpha value is -1.29. The van der Waals surface area contributed by atoms with Crippen LogP contribution in [-0.4, -0.2) is 20.8 Å². The molecule has 0 aromatic heterocycles. The molecular formula is C10H15BN2O. The van der Waals surface area contributed by atoms with E-state index in [-0.39, 0.29) is 5.91 Å². The molecule has 0 heterocycles. The first kappa shape index (κ1) is 10.8. The van der Waals surface area contributed by atoms with Crippen LogP contribution in [0.15, 0.2) is 24.3 Å². The maximum absolute atomic E-state index is 11.5. The van der Waals surface area contributed by atoms with Gasteiger partial charge in [-0.25, -0.2) is 0 Å². The number of nitrogens with one attached hydrogen (secondary N) is 1. The van der Waals surface area contributed by atoms with Crippen molar-refractivity contribution in [2.45, 2.75) is 12.5 Å². The normalized spacial score (nSPS) is 14.5. The predicted octanol–water partition coefficient (Wildman–Crippen LogP) is -1.14. The Morgan fingerprint density at radius 1 is 1.57 bits per heavy atom. The molecule has 4 heteroatoms. The number of hydrogen-bond donors (Lipinski definition) is 2. The summed E-state index contributed by atoms with van der Waals surface area (Å²) in [5.74, 6) is -0.178. The number of nitrogens with two attached hydrogens (primary N) is 1. The predicted molar refractivity (Wildman–Crippen MR) is 60.2 cm³/mol. The molecule has 0 bridgehead atoms. The molecule has 3 nitrogen and oxygen atoms in total. The zero-order valence-electron chi connectivity index (χ0n) is 8.79. The molecule has 1 unspecified atom stereocenters. The lowest BCUT2D eigenvalue weighted by atomic mass is 9.86. The maximum atomic E-state index is 11.5. The minimum atomic E-state index is -0.958. The molecule has 0 fully saturated rings. The van der Waals surface area contributed by atoms with Crippen LogP contribution in [0.25, 0.3) is 0 Å². The molecule has 1 rings (SSSR count). The highest BCUT2D eigenvalue weighted by atomic mass is 16.2. The second-order valence-electron chi connectivity index (χ2n) is 3.65. The van der Waals surface area contributed by atoms with Crippen LogP contribution in [0.5, 0.6) is 0 Å². The fourth-order valence-corrected chi connectivity index (χ4v) is 1.36. The van der Waals surface area contributed by atoms with Crippen molar-refractivity contribution in [3.05, 3.63) is 29.8 Å². The van der Waals surface area contributed by atoms with Gasteiger partial charge in [-0.2, -0.15) is 0 Å². The van der Waals surface area contributed by atoms with Gasteiger partial charge in [-0.3, -0.25) is 4.79 Å². The summed E-state index contributed by atoms with van der Waals surface area (Å²) in [6.45, 7) is 1.71. The van der Waals surface area contributed by atoms with Gasteiger partial charge in [0.2, 0.25) is 5.91 Å². The van der Waals surface area contributed by atoms with Crippen molar-refractivity contribution < 1.29 is 4.79 Å². The number of rotatable bonds is 2. The topological polar surface area (TPSA) is 55.1 Å². The monoisotopic (exact) mass is 190 g/mol. The Labute approximate surface area is 85.1 Å². The number of benzene rings is 1. The highest BCUT2D eigenvalue weighted by molar-refractivity contribution is 6.32. The molecule has 0 saturated heterocycles. The summed E-state index contributed by atoms with van der Waals surface area (Å²) >= 11 is 0. The highest BCUT2D eigenvalue weighted by Crippen LogP contribution is 2.15. The molecule has 0 aliphatic rings. The molecule has 1 amide bonds. The number of hydrogen-bond acceptors (Lipinski definition) is 2. The van der Waals surface area contributed by atoms with E-state index < -0.39 is 5.54 Å². The first-order chi connectivity index (χ1) is 6.48. The van der Waals surface area contributed by atoms with Crippen LogP contribution in [0.3, 0.4) is 0 Å². The Kier molecular flexibility index (Phi) is 2.96. The molecular weight excluding hydrogens is 175 g/mol. The van der Waals surface area contributed by atoms with Gasteiger partial charge >= 0.3 is 0 Å². The minimum Gasteiger partial charge on any atom is -0.357 e. The van der Waals surface area contributed by atoms with Crippen LogP contribution >= 0.6 is 0 Å². The van der Waals surface area contributed by atoms with Gasteiger partial charge in [0.1, 0.15) is 13.4 Å². The average Bonchev–Trinajstić information content (AvgIpc) is 2.16. The average molecular weight is 190 g/mol. The van der Waals surface area contributed by atoms with Gasteiger partial charge in [0, 0.05) is 7.05 Å². The van der Waals surface area contributed by atoms with E-state index in [2.05, 4.69) is 5.32 Å². The first-order valence-corrected chi connectivity index (χ1v) is 4.56. The molecule has 0 aliphatic carbocycles. The van der Waals surface area contributed by atoms with Crippen molar-refractivity contribution in [1.29, 1.82) is 0 Å². The molecule has 1 aromatic rings. The van der Waals surface area contributed by atoms with Gasteiger partial charge in [-0.05, 0) is 12.5 Å². The molecule has 0 saturated carbocycles. The van der Waals surface area contributed by atoms with Crippen LogP contribution in [0.4, 0.5) is 0 Å². The molecule has 0 radical (unpaired) electrons. The van der Waals surface area contributed by atoms with E-state index in [0.717, 1.165) is 11.0 Å². The van der Waals surface area contributed by atoms with Crippen LogP contribution in [-0.2, 0) is 10.3 Å². The largest absolute Gasteiger partial charge is 0.357 e. The second kappa shape index (κ2) is 3.84. The Balaban J connectivity index is 3.09. The van der Waals surface area contributed by atoms with E-state index >= 15 is 0 Å². The van der Waals surface area contributed by atoms with Crippen LogP contribution in [0.2, 0.25) is 0 Å². The third-order valence-electron chi connectivity index (χ3n) is 2.32. The molecule has 1 atom stereocenters. The van der Waals surface area contributed by atoms with E-state index in [9.17, 15) is 4.79 Å². The standard InChI is InChI=1S/C10H15BN2O/c1-10(12,9(14)13-2)7-4-3-5-8(11)6-7/h3-6H,11-12H2,1-2H3,(H,13,14). The lowest BCUT2D eigenvalue weighted by Gasteiger charge is -2.23. The first-order valence-electron chi connectivity index (χ1n) is 4.56. The van der Waals surface area contributed by atoms with Crippen molar-refractivity contribution in [1.82, 2.24) is 5.32 Å². The van der Waals surface area contributed by atoms with Crippen LogP contribution in [0, 0.1) is 0 Å². The molecule has 74 valence electrons. The van der Waals surface area contributed by atoms with Crippen LogP contribution < -0.4 is 16.5 Å². The second-order valence-corrected chi connectivity index (χ2v) is 3.65. The van der Waals surface area contributed by atoms with E-state index in [0.29, 0.717) is 0 Å². The quantitative estimate of drug-likeness (QED) is 0.579. The molecule has 1 aromatic carbocycles. The van der Waals surface area contributed by atoms with Gasteiger partial charge < -0.3 is 11.1 Å². The summed E-state index contributed by atoms with van der Waals surface area (Å²) < 4.78 is 0. The van der Waals surface area contributed by atoms with Gasteiger partial charge in [-0.15, -0.1) is 0 Å². The summed E-state index contributed by atoms with van der Waals surface area (Å²) in [7, 11) is 3.56. The molecule has 0 spiro atoms. The third-order valence-corrected chi connectivity index (χ3v) is 2.32. The van der Waals surface area contributed by atoms with E-state index in [1.54, 1.807) is 14.0 Å². The summed E-state index contributed by atoms with van der Waals surface area (Å²) in [4.78, 5) is 11.5. The van der Waals surface area contributed by atoms with Gasteiger partial charge in [0.15, 0.2) is 0 Å². The van der Waals surface area contributed by atoms with Gasteiger partial charge in [0.05, 0.1) is 0 Å².